The number of rotatable bonds is 1. The molecule has 0 amide bonds. The molecule has 2 N–H and O–H groups in total. The van der Waals surface area contributed by atoms with Crippen LogP contribution in [0.1, 0.15) is 43.6 Å². The quantitative estimate of drug-likeness (QED) is 0.759. The predicted molar refractivity (Wildman–Crippen MR) is 66.4 cm³/mol. The van der Waals surface area contributed by atoms with Crippen LogP contribution in [0.25, 0.3) is 0 Å². The van der Waals surface area contributed by atoms with Crippen molar-refractivity contribution in [2.75, 3.05) is 0 Å². The van der Waals surface area contributed by atoms with Gasteiger partial charge in [0.1, 0.15) is 0 Å². The highest BCUT2D eigenvalue weighted by Gasteiger charge is 2.14. The van der Waals surface area contributed by atoms with E-state index in [1.807, 2.05) is 0 Å². The molecule has 0 aromatic heterocycles. The molecular formula is C12H18O4S. The van der Waals surface area contributed by atoms with Crippen molar-refractivity contribution in [2.24, 2.45) is 0 Å². The summed E-state index contributed by atoms with van der Waals surface area (Å²) in [7, 11) is -4.67. The fourth-order valence-corrected chi connectivity index (χ4v) is 2.16. The standard InChI is InChI=1S/C12H16.H2O4S/c1-3-7-11(8-4-1)12-9-5-2-6-10-12;1-5(2,3)4/h1,3-4,7-8,12H,2,5-6,9-10H2;(H2,1,2,3,4). The van der Waals surface area contributed by atoms with Crippen molar-refractivity contribution in [3.63, 3.8) is 0 Å². The van der Waals surface area contributed by atoms with Crippen molar-refractivity contribution < 1.29 is 17.5 Å². The summed E-state index contributed by atoms with van der Waals surface area (Å²) < 4.78 is 31.6. The highest BCUT2D eigenvalue weighted by molar-refractivity contribution is 7.79. The van der Waals surface area contributed by atoms with Gasteiger partial charge >= 0.3 is 10.4 Å². The molecule has 1 fully saturated rings. The first-order valence-corrected chi connectivity index (χ1v) is 7.11. The molecule has 17 heavy (non-hydrogen) atoms. The molecule has 0 atom stereocenters. The summed E-state index contributed by atoms with van der Waals surface area (Å²) in [6.45, 7) is 0. The molecule has 4 nitrogen and oxygen atoms in total. The number of hydrogen-bond donors (Lipinski definition) is 2. The summed E-state index contributed by atoms with van der Waals surface area (Å²) in [6, 6.07) is 11.0. The van der Waals surface area contributed by atoms with Gasteiger partial charge in [-0.25, -0.2) is 0 Å². The smallest absolute Gasteiger partial charge is 0.264 e. The van der Waals surface area contributed by atoms with E-state index in [1.165, 1.54) is 32.1 Å². The van der Waals surface area contributed by atoms with Crippen LogP contribution in [0.2, 0.25) is 0 Å². The van der Waals surface area contributed by atoms with Gasteiger partial charge in [0.05, 0.1) is 0 Å². The zero-order valence-corrected chi connectivity index (χ0v) is 10.4. The molecule has 0 aliphatic heterocycles. The van der Waals surface area contributed by atoms with E-state index in [9.17, 15) is 0 Å². The Morgan fingerprint density at radius 2 is 1.41 bits per heavy atom. The Morgan fingerprint density at radius 3 is 1.88 bits per heavy atom. The van der Waals surface area contributed by atoms with E-state index in [2.05, 4.69) is 30.3 Å². The number of benzene rings is 1. The van der Waals surface area contributed by atoms with Crippen LogP contribution < -0.4 is 0 Å². The number of hydrogen-bond acceptors (Lipinski definition) is 2. The third-order valence-electron chi connectivity index (χ3n) is 2.88. The van der Waals surface area contributed by atoms with Crippen LogP contribution in [-0.2, 0) is 10.4 Å². The third kappa shape index (κ3) is 7.10. The minimum absolute atomic E-state index is 0.861. The zero-order chi connectivity index (χ0) is 12.7. The maximum Gasteiger partial charge on any atom is 0.394 e. The van der Waals surface area contributed by atoms with Crippen LogP contribution >= 0.6 is 0 Å². The Balaban J connectivity index is 0.000000249. The van der Waals surface area contributed by atoms with E-state index in [0.29, 0.717) is 0 Å². The van der Waals surface area contributed by atoms with Gasteiger partial charge in [-0.3, -0.25) is 9.11 Å². The second-order valence-corrected chi connectivity index (χ2v) is 5.09. The second kappa shape index (κ2) is 6.74. The average Bonchev–Trinajstić information content (AvgIpc) is 2.29. The topological polar surface area (TPSA) is 74.6 Å². The molecule has 0 spiro atoms. The maximum atomic E-state index is 8.74. The minimum atomic E-state index is -4.67. The van der Waals surface area contributed by atoms with Crippen molar-refractivity contribution in [2.45, 2.75) is 38.0 Å². The summed E-state index contributed by atoms with van der Waals surface area (Å²) >= 11 is 0. The summed E-state index contributed by atoms with van der Waals surface area (Å²) in [5.41, 5.74) is 1.55. The van der Waals surface area contributed by atoms with Crippen LogP contribution in [0.15, 0.2) is 30.3 Å². The molecule has 96 valence electrons. The Hall–Kier alpha value is -0.910. The van der Waals surface area contributed by atoms with Gasteiger partial charge in [0.2, 0.25) is 0 Å². The first kappa shape index (κ1) is 14.2. The SMILES string of the molecule is O=S(=O)(O)O.c1ccc(C2CCCCC2)cc1. The van der Waals surface area contributed by atoms with Crippen molar-refractivity contribution >= 4 is 10.4 Å². The van der Waals surface area contributed by atoms with Crippen molar-refractivity contribution in [1.29, 1.82) is 0 Å². The molecule has 5 heteroatoms. The van der Waals surface area contributed by atoms with Gasteiger partial charge in [0.15, 0.2) is 0 Å². The van der Waals surface area contributed by atoms with Crippen molar-refractivity contribution in [1.82, 2.24) is 0 Å². The van der Waals surface area contributed by atoms with E-state index in [0.717, 1.165) is 5.92 Å². The molecule has 1 saturated carbocycles. The molecular weight excluding hydrogens is 240 g/mol. The first-order chi connectivity index (χ1) is 7.97. The van der Waals surface area contributed by atoms with Gasteiger partial charge in [0.25, 0.3) is 0 Å². The van der Waals surface area contributed by atoms with Gasteiger partial charge in [-0.2, -0.15) is 8.42 Å². The maximum absolute atomic E-state index is 8.74. The van der Waals surface area contributed by atoms with E-state index >= 15 is 0 Å². The summed E-state index contributed by atoms with van der Waals surface area (Å²) in [4.78, 5) is 0. The largest absolute Gasteiger partial charge is 0.394 e. The molecule has 0 bridgehead atoms. The molecule has 1 aliphatic carbocycles. The lowest BCUT2D eigenvalue weighted by atomic mass is 9.84. The predicted octanol–water partition coefficient (Wildman–Crippen LogP) is 3.08. The van der Waals surface area contributed by atoms with E-state index < -0.39 is 10.4 Å². The molecule has 2 rings (SSSR count). The van der Waals surface area contributed by atoms with Crippen LogP contribution in [0.4, 0.5) is 0 Å². The van der Waals surface area contributed by atoms with Crippen molar-refractivity contribution in [3.05, 3.63) is 35.9 Å². The van der Waals surface area contributed by atoms with Crippen LogP contribution in [0, 0.1) is 0 Å². The summed E-state index contributed by atoms with van der Waals surface area (Å²) in [6.07, 6.45) is 7.12. The Morgan fingerprint density at radius 1 is 0.941 bits per heavy atom. The molecule has 1 aromatic carbocycles. The fourth-order valence-electron chi connectivity index (χ4n) is 2.16. The lowest BCUT2D eigenvalue weighted by Gasteiger charge is -2.21. The van der Waals surface area contributed by atoms with E-state index in [4.69, 9.17) is 17.5 Å². The Labute approximate surface area is 102 Å². The van der Waals surface area contributed by atoms with Gasteiger partial charge in [-0.05, 0) is 24.3 Å². The second-order valence-electron chi connectivity index (χ2n) is 4.19. The first-order valence-electron chi connectivity index (χ1n) is 5.71. The monoisotopic (exact) mass is 258 g/mol. The molecule has 1 aromatic rings. The van der Waals surface area contributed by atoms with E-state index in [-0.39, 0.29) is 0 Å². The highest BCUT2D eigenvalue weighted by atomic mass is 32.3. The molecule has 0 unspecified atom stereocenters. The normalized spacial score (nSPS) is 17.1. The average molecular weight is 258 g/mol. The zero-order valence-electron chi connectivity index (χ0n) is 9.62. The molecule has 0 radical (unpaired) electrons. The summed E-state index contributed by atoms with van der Waals surface area (Å²) in [5, 5.41) is 0. The van der Waals surface area contributed by atoms with Crippen LogP contribution in [0.3, 0.4) is 0 Å². The molecule has 0 heterocycles. The fraction of sp³-hybridized carbons (Fsp3) is 0.500. The van der Waals surface area contributed by atoms with E-state index in [1.54, 1.807) is 5.56 Å². The van der Waals surface area contributed by atoms with Crippen molar-refractivity contribution in [3.8, 4) is 0 Å². The Kier molecular flexibility index (Phi) is 5.61. The minimum Gasteiger partial charge on any atom is -0.264 e. The van der Waals surface area contributed by atoms with Gasteiger partial charge in [-0.1, -0.05) is 49.6 Å². The van der Waals surface area contributed by atoms with Crippen LogP contribution in [-0.4, -0.2) is 17.5 Å². The third-order valence-corrected chi connectivity index (χ3v) is 2.88. The van der Waals surface area contributed by atoms with Gasteiger partial charge < -0.3 is 0 Å². The highest BCUT2D eigenvalue weighted by Crippen LogP contribution is 2.31. The van der Waals surface area contributed by atoms with Crippen LogP contribution in [0.5, 0.6) is 0 Å². The lowest BCUT2D eigenvalue weighted by molar-refractivity contribution is 0.381. The Bertz CT molecular complexity index is 399. The lowest BCUT2D eigenvalue weighted by Crippen LogP contribution is -2.03. The van der Waals surface area contributed by atoms with Gasteiger partial charge in [-0.15, -0.1) is 0 Å². The molecule has 0 saturated heterocycles. The molecule has 1 aliphatic rings. The summed E-state index contributed by atoms with van der Waals surface area (Å²) in [5.74, 6) is 0.861. The van der Waals surface area contributed by atoms with Gasteiger partial charge in [0, 0.05) is 0 Å².